The highest BCUT2D eigenvalue weighted by atomic mass is 32.1. The third kappa shape index (κ3) is 5.24. The normalized spacial score (nSPS) is 10.6. The molecule has 0 atom stereocenters. The molecule has 27 heavy (non-hydrogen) atoms. The van der Waals surface area contributed by atoms with Crippen LogP contribution < -0.4 is 10.6 Å². The maximum Gasteiger partial charge on any atom is 0.286 e. The molecular formula is C19H18FN3O3S. The molecule has 3 aromatic rings. The Morgan fingerprint density at radius 1 is 1.30 bits per heavy atom. The van der Waals surface area contributed by atoms with Crippen LogP contribution >= 0.6 is 11.3 Å². The summed E-state index contributed by atoms with van der Waals surface area (Å²) in [6, 6.07) is 8.29. The molecule has 2 aromatic heterocycles. The van der Waals surface area contributed by atoms with Crippen LogP contribution in [0, 0.1) is 12.7 Å². The van der Waals surface area contributed by atoms with Crippen molar-refractivity contribution in [3.63, 3.8) is 0 Å². The molecule has 0 unspecified atom stereocenters. The Hall–Kier alpha value is -3.00. The van der Waals surface area contributed by atoms with E-state index in [1.54, 1.807) is 31.3 Å². The summed E-state index contributed by atoms with van der Waals surface area (Å²) in [7, 11) is 0. The van der Waals surface area contributed by atoms with E-state index < -0.39 is 0 Å². The number of benzene rings is 1. The second kappa shape index (κ2) is 8.59. The lowest BCUT2D eigenvalue weighted by atomic mass is 10.1. The summed E-state index contributed by atoms with van der Waals surface area (Å²) < 4.78 is 18.6. The molecule has 140 valence electrons. The summed E-state index contributed by atoms with van der Waals surface area (Å²) in [6.45, 7) is 1.91. The molecule has 6 nitrogen and oxygen atoms in total. The second-order valence-electron chi connectivity index (χ2n) is 5.92. The van der Waals surface area contributed by atoms with E-state index in [4.69, 9.17) is 4.42 Å². The molecule has 0 fully saturated rings. The minimum atomic E-state index is -0.366. The lowest BCUT2D eigenvalue weighted by molar-refractivity contribution is -0.116. The Bertz CT molecular complexity index is 938. The number of thiazole rings is 1. The van der Waals surface area contributed by atoms with Gasteiger partial charge in [0, 0.05) is 30.5 Å². The predicted octanol–water partition coefficient (Wildman–Crippen LogP) is 3.53. The number of aryl methyl sites for hydroxylation is 1. The van der Waals surface area contributed by atoms with Gasteiger partial charge in [0.1, 0.15) is 5.82 Å². The van der Waals surface area contributed by atoms with Crippen LogP contribution in [0.4, 0.5) is 9.52 Å². The van der Waals surface area contributed by atoms with E-state index in [1.807, 2.05) is 6.07 Å². The van der Waals surface area contributed by atoms with Gasteiger partial charge in [-0.1, -0.05) is 12.1 Å². The van der Waals surface area contributed by atoms with Crippen LogP contribution in [0.1, 0.15) is 33.0 Å². The van der Waals surface area contributed by atoms with Crippen molar-refractivity contribution in [3.8, 4) is 0 Å². The highest BCUT2D eigenvalue weighted by molar-refractivity contribution is 7.15. The quantitative estimate of drug-likeness (QED) is 0.650. The number of nitrogens with one attached hydrogen (secondary N) is 2. The van der Waals surface area contributed by atoms with Crippen molar-refractivity contribution < 1.29 is 18.4 Å². The summed E-state index contributed by atoms with van der Waals surface area (Å²) >= 11 is 1.34. The standard InChI is InChI=1S/C19H18FN3O3S/c1-12-4-5-13(10-15(12)20)9-14-11-22-19(27-14)23-17(24)6-7-21-18(25)16-3-2-8-26-16/h2-5,8,10-11H,6-7,9H2,1H3,(H,21,25)(H,22,23,24). The van der Waals surface area contributed by atoms with Crippen LogP contribution in [0.5, 0.6) is 0 Å². The van der Waals surface area contributed by atoms with Crippen LogP contribution in [-0.2, 0) is 11.2 Å². The molecule has 2 amide bonds. The van der Waals surface area contributed by atoms with E-state index in [1.165, 1.54) is 23.7 Å². The average molecular weight is 387 g/mol. The van der Waals surface area contributed by atoms with E-state index >= 15 is 0 Å². The average Bonchev–Trinajstić information content (AvgIpc) is 3.30. The highest BCUT2D eigenvalue weighted by Gasteiger charge is 2.11. The second-order valence-corrected chi connectivity index (χ2v) is 7.04. The van der Waals surface area contributed by atoms with E-state index in [-0.39, 0.29) is 36.4 Å². The molecule has 0 saturated heterocycles. The van der Waals surface area contributed by atoms with Crippen molar-refractivity contribution in [1.29, 1.82) is 0 Å². The van der Waals surface area contributed by atoms with E-state index in [2.05, 4.69) is 15.6 Å². The van der Waals surface area contributed by atoms with E-state index in [9.17, 15) is 14.0 Å². The molecule has 2 heterocycles. The number of carbonyl (C=O) groups is 2. The SMILES string of the molecule is Cc1ccc(Cc2cnc(NC(=O)CCNC(=O)c3ccco3)s2)cc1F. The van der Waals surface area contributed by atoms with Gasteiger partial charge in [-0.05, 0) is 36.2 Å². The van der Waals surface area contributed by atoms with Gasteiger partial charge in [-0.3, -0.25) is 9.59 Å². The van der Waals surface area contributed by atoms with Crippen LogP contribution in [0.2, 0.25) is 0 Å². The Labute approximate surface area is 159 Å². The molecule has 0 aliphatic rings. The lowest BCUT2D eigenvalue weighted by Crippen LogP contribution is -2.27. The minimum absolute atomic E-state index is 0.116. The molecular weight excluding hydrogens is 369 g/mol. The Balaban J connectivity index is 1.46. The number of carbonyl (C=O) groups excluding carboxylic acids is 2. The van der Waals surface area contributed by atoms with Gasteiger partial charge in [-0.15, -0.1) is 11.3 Å². The lowest BCUT2D eigenvalue weighted by Gasteiger charge is -2.03. The first-order valence-corrected chi connectivity index (χ1v) is 9.14. The van der Waals surface area contributed by atoms with Gasteiger partial charge in [0.25, 0.3) is 5.91 Å². The largest absolute Gasteiger partial charge is 0.459 e. The minimum Gasteiger partial charge on any atom is -0.459 e. The van der Waals surface area contributed by atoms with Gasteiger partial charge in [0.2, 0.25) is 5.91 Å². The molecule has 0 bridgehead atoms. The first-order valence-electron chi connectivity index (χ1n) is 8.32. The number of anilines is 1. The molecule has 0 aliphatic carbocycles. The maximum atomic E-state index is 13.6. The van der Waals surface area contributed by atoms with E-state index in [0.29, 0.717) is 17.1 Å². The maximum absolute atomic E-state index is 13.6. The monoisotopic (exact) mass is 387 g/mol. The first-order chi connectivity index (χ1) is 13.0. The Morgan fingerprint density at radius 3 is 2.89 bits per heavy atom. The molecule has 1 aromatic carbocycles. The number of halogens is 1. The number of hydrogen-bond acceptors (Lipinski definition) is 5. The van der Waals surface area contributed by atoms with Crippen molar-refractivity contribution >= 4 is 28.3 Å². The van der Waals surface area contributed by atoms with Crippen molar-refractivity contribution in [2.75, 3.05) is 11.9 Å². The molecule has 0 aliphatic heterocycles. The fourth-order valence-electron chi connectivity index (χ4n) is 2.36. The van der Waals surface area contributed by atoms with Gasteiger partial charge < -0.3 is 15.1 Å². The van der Waals surface area contributed by atoms with Gasteiger partial charge >= 0.3 is 0 Å². The zero-order chi connectivity index (χ0) is 19.2. The highest BCUT2D eigenvalue weighted by Crippen LogP contribution is 2.22. The van der Waals surface area contributed by atoms with Crippen LogP contribution in [-0.4, -0.2) is 23.3 Å². The smallest absolute Gasteiger partial charge is 0.286 e. The summed E-state index contributed by atoms with van der Waals surface area (Å²) in [4.78, 5) is 28.7. The van der Waals surface area contributed by atoms with Gasteiger partial charge in [-0.25, -0.2) is 9.37 Å². The third-order valence-electron chi connectivity index (χ3n) is 3.80. The molecule has 0 radical (unpaired) electrons. The fraction of sp³-hybridized carbons (Fsp3) is 0.211. The topological polar surface area (TPSA) is 84.2 Å². The summed E-state index contributed by atoms with van der Waals surface area (Å²) in [5, 5.41) is 5.77. The van der Waals surface area contributed by atoms with E-state index in [0.717, 1.165) is 10.4 Å². The summed E-state index contributed by atoms with van der Waals surface area (Å²) in [6.07, 6.45) is 3.73. The molecule has 0 saturated carbocycles. The Kier molecular flexibility index (Phi) is 5.97. The van der Waals surface area contributed by atoms with Crippen LogP contribution in [0.3, 0.4) is 0 Å². The van der Waals surface area contributed by atoms with Crippen LogP contribution in [0.15, 0.2) is 47.2 Å². The van der Waals surface area contributed by atoms with Gasteiger partial charge in [0.05, 0.1) is 6.26 Å². The zero-order valence-electron chi connectivity index (χ0n) is 14.6. The predicted molar refractivity (Wildman–Crippen MR) is 100 cm³/mol. The molecule has 3 rings (SSSR count). The summed E-state index contributed by atoms with van der Waals surface area (Å²) in [5.41, 5.74) is 1.45. The molecule has 2 N–H and O–H groups in total. The number of rotatable bonds is 7. The fourth-order valence-corrected chi connectivity index (χ4v) is 3.22. The first kappa shape index (κ1) is 18.8. The molecule has 8 heteroatoms. The van der Waals surface area contributed by atoms with Crippen molar-refractivity contribution in [1.82, 2.24) is 10.3 Å². The summed E-state index contributed by atoms with van der Waals surface area (Å²) in [5.74, 6) is -0.652. The van der Waals surface area contributed by atoms with Crippen molar-refractivity contribution in [2.24, 2.45) is 0 Å². The third-order valence-corrected chi connectivity index (χ3v) is 4.71. The number of hydrogen-bond donors (Lipinski definition) is 2. The van der Waals surface area contributed by atoms with Crippen molar-refractivity contribution in [2.45, 2.75) is 19.8 Å². The number of amides is 2. The molecule has 0 spiro atoms. The van der Waals surface area contributed by atoms with Gasteiger partial charge in [0.15, 0.2) is 10.9 Å². The zero-order valence-corrected chi connectivity index (χ0v) is 15.4. The number of aromatic nitrogens is 1. The van der Waals surface area contributed by atoms with Gasteiger partial charge in [-0.2, -0.15) is 0 Å². The van der Waals surface area contributed by atoms with Crippen molar-refractivity contribution in [3.05, 3.63) is 70.4 Å². The Morgan fingerprint density at radius 2 is 2.15 bits per heavy atom. The number of furan rings is 1. The number of nitrogens with zero attached hydrogens (tertiary/aromatic N) is 1. The van der Waals surface area contributed by atoms with Crippen LogP contribution in [0.25, 0.3) is 0 Å².